The van der Waals surface area contributed by atoms with Crippen molar-refractivity contribution in [2.45, 2.75) is 0 Å². The van der Waals surface area contributed by atoms with Crippen LogP contribution in [0, 0.1) is 5.82 Å². The van der Waals surface area contributed by atoms with Crippen LogP contribution in [-0.4, -0.2) is 48.5 Å². The Morgan fingerprint density at radius 1 is 1.14 bits per heavy atom. The van der Waals surface area contributed by atoms with Crippen LogP contribution >= 0.6 is 11.5 Å². The highest BCUT2D eigenvalue weighted by Crippen LogP contribution is 2.32. The number of carbonyl (C=O) groups is 1. The summed E-state index contributed by atoms with van der Waals surface area (Å²) in [5, 5.41) is 0. The molecule has 1 aliphatic rings. The number of ether oxygens (including phenoxy) is 1. The summed E-state index contributed by atoms with van der Waals surface area (Å²) in [5.41, 5.74) is 8.60. The summed E-state index contributed by atoms with van der Waals surface area (Å²) in [7, 11) is 1.65. The maximum absolute atomic E-state index is 13.5. The first-order valence-electron chi connectivity index (χ1n) is 9.26. The van der Waals surface area contributed by atoms with Gasteiger partial charge in [0.05, 0.1) is 12.8 Å². The lowest BCUT2D eigenvalue weighted by molar-refractivity contribution is 0.0752. The molecule has 2 aromatic carbocycles. The van der Waals surface area contributed by atoms with E-state index < -0.39 is 0 Å². The second kappa shape index (κ2) is 8.08. The normalized spacial score (nSPS) is 14.1. The molecule has 29 heavy (non-hydrogen) atoms. The monoisotopic (exact) mass is 412 g/mol. The Hall–Kier alpha value is -3.13. The van der Waals surface area contributed by atoms with E-state index in [2.05, 4.69) is 9.27 Å². The fourth-order valence-corrected chi connectivity index (χ4v) is 4.20. The lowest BCUT2D eigenvalue weighted by atomic mass is 10.1. The predicted molar refractivity (Wildman–Crippen MR) is 113 cm³/mol. The summed E-state index contributed by atoms with van der Waals surface area (Å²) in [4.78, 5) is 17.4. The van der Waals surface area contributed by atoms with E-state index >= 15 is 0 Å². The number of aromatic nitrogens is 1. The number of hydrogen-bond acceptors (Lipinski definition) is 6. The zero-order chi connectivity index (χ0) is 20.4. The topological polar surface area (TPSA) is 71.7 Å². The third-order valence-corrected chi connectivity index (χ3v) is 5.86. The second-order valence-electron chi connectivity index (χ2n) is 6.77. The minimum absolute atomic E-state index is 0.132. The molecule has 0 atom stereocenters. The van der Waals surface area contributed by atoms with Gasteiger partial charge in [0.1, 0.15) is 22.1 Å². The number of hydrogen-bond donors (Lipinski definition) is 1. The number of halogens is 1. The molecule has 0 bridgehead atoms. The molecule has 1 fully saturated rings. The van der Waals surface area contributed by atoms with Crippen LogP contribution < -0.4 is 15.4 Å². The summed E-state index contributed by atoms with van der Waals surface area (Å²) in [6.45, 7) is 2.61. The van der Waals surface area contributed by atoms with E-state index in [1.807, 2.05) is 24.3 Å². The number of piperazine rings is 1. The maximum atomic E-state index is 13.5. The van der Waals surface area contributed by atoms with Crippen molar-refractivity contribution in [1.29, 1.82) is 0 Å². The van der Waals surface area contributed by atoms with Crippen LogP contribution in [0.1, 0.15) is 9.67 Å². The lowest BCUT2D eigenvalue weighted by Gasteiger charge is -2.36. The van der Waals surface area contributed by atoms with Crippen molar-refractivity contribution in [1.82, 2.24) is 9.27 Å². The average molecular weight is 412 g/mol. The third-order valence-electron chi connectivity index (χ3n) is 5.01. The number of anilines is 2. The van der Waals surface area contributed by atoms with Crippen LogP contribution in [-0.2, 0) is 0 Å². The number of methoxy groups -OCH3 is 1. The molecule has 1 amide bonds. The van der Waals surface area contributed by atoms with Gasteiger partial charge in [-0.05, 0) is 35.8 Å². The summed E-state index contributed by atoms with van der Waals surface area (Å²) in [6.07, 6.45) is 0. The fourth-order valence-electron chi connectivity index (χ4n) is 3.41. The van der Waals surface area contributed by atoms with Crippen molar-refractivity contribution in [3.05, 3.63) is 59.2 Å². The number of carbonyl (C=O) groups excluding carboxylic acids is 1. The molecule has 0 unspecified atom stereocenters. The zero-order valence-corrected chi connectivity index (χ0v) is 16.8. The molecule has 0 aliphatic carbocycles. The van der Waals surface area contributed by atoms with Crippen LogP contribution in [0.3, 0.4) is 0 Å². The maximum Gasteiger partial charge on any atom is 0.267 e. The fraction of sp³-hybridized carbons (Fsp3) is 0.238. The van der Waals surface area contributed by atoms with Crippen molar-refractivity contribution in [2.24, 2.45) is 0 Å². The van der Waals surface area contributed by atoms with Crippen molar-refractivity contribution in [3.8, 4) is 17.0 Å². The van der Waals surface area contributed by atoms with E-state index in [4.69, 9.17) is 10.5 Å². The minimum Gasteiger partial charge on any atom is -0.497 e. The Bertz CT molecular complexity index is 1030. The molecular weight excluding hydrogens is 391 g/mol. The predicted octanol–water partition coefficient (Wildman–Crippen LogP) is 3.50. The highest BCUT2D eigenvalue weighted by Gasteiger charge is 2.27. The Kier molecular flexibility index (Phi) is 5.35. The van der Waals surface area contributed by atoms with Gasteiger partial charge < -0.3 is 20.3 Å². The zero-order valence-electron chi connectivity index (χ0n) is 16.0. The van der Waals surface area contributed by atoms with Crippen LogP contribution in [0.2, 0.25) is 0 Å². The van der Waals surface area contributed by atoms with Gasteiger partial charge in [0.15, 0.2) is 0 Å². The molecule has 1 aliphatic heterocycles. The van der Waals surface area contributed by atoms with E-state index in [0.717, 1.165) is 23.0 Å². The van der Waals surface area contributed by atoms with Crippen molar-refractivity contribution >= 4 is 28.8 Å². The Balaban J connectivity index is 1.46. The van der Waals surface area contributed by atoms with Gasteiger partial charge in [-0.1, -0.05) is 18.2 Å². The van der Waals surface area contributed by atoms with Crippen LogP contribution in [0.5, 0.6) is 5.75 Å². The average Bonchev–Trinajstić information content (AvgIpc) is 3.14. The van der Waals surface area contributed by atoms with Gasteiger partial charge in [0.2, 0.25) is 0 Å². The molecule has 1 saturated heterocycles. The highest BCUT2D eigenvalue weighted by molar-refractivity contribution is 7.09. The Morgan fingerprint density at radius 2 is 1.90 bits per heavy atom. The van der Waals surface area contributed by atoms with E-state index in [1.54, 1.807) is 24.1 Å². The number of nitrogens with zero attached hydrogens (tertiary/aromatic N) is 3. The van der Waals surface area contributed by atoms with E-state index in [9.17, 15) is 9.18 Å². The van der Waals surface area contributed by atoms with Gasteiger partial charge in [-0.3, -0.25) is 4.79 Å². The molecule has 150 valence electrons. The summed E-state index contributed by atoms with van der Waals surface area (Å²) < 4.78 is 23.1. The van der Waals surface area contributed by atoms with E-state index in [0.29, 0.717) is 48.0 Å². The minimum atomic E-state index is -0.364. The lowest BCUT2D eigenvalue weighted by Crippen LogP contribution is -2.48. The first kappa shape index (κ1) is 19.2. The van der Waals surface area contributed by atoms with E-state index in [1.165, 1.54) is 12.1 Å². The van der Waals surface area contributed by atoms with Crippen molar-refractivity contribution in [3.63, 3.8) is 0 Å². The largest absolute Gasteiger partial charge is 0.497 e. The molecule has 4 rings (SSSR count). The molecule has 2 N–H and O–H groups in total. The quantitative estimate of drug-likeness (QED) is 0.710. The van der Waals surface area contributed by atoms with E-state index in [-0.39, 0.29) is 11.7 Å². The number of rotatable bonds is 4. The number of nitrogen functional groups attached to an aromatic ring is 1. The van der Waals surface area contributed by atoms with Crippen LogP contribution in [0.25, 0.3) is 11.3 Å². The first-order chi connectivity index (χ1) is 14.1. The van der Waals surface area contributed by atoms with Crippen LogP contribution in [0.15, 0.2) is 48.5 Å². The number of benzene rings is 2. The molecule has 0 spiro atoms. The van der Waals surface area contributed by atoms with Gasteiger partial charge in [-0.2, -0.15) is 4.37 Å². The van der Waals surface area contributed by atoms with Crippen molar-refractivity contribution in [2.75, 3.05) is 43.9 Å². The van der Waals surface area contributed by atoms with Gasteiger partial charge in [0.25, 0.3) is 5.91 Å². The SMILES string of the molecule is COc1cccc(N2CCN(C(=O)c3snc(-c4cccc(F)c4)c3N)CC2)c1. The third kappa shape index (κ3) is 3.88. The van der Waals surface area contributed by atoms with Gasteiger partial charge >= 0.3 is 0 Å². The molecule has 6 nitrogen and oxygen atoms in total. The molecule has 1 aromatic heterocycles. The molecule has 8 heteroatoms. The van der Waals surface area contributed by atoms with Crippen LogP contribution in [0.4, 0.5) is 15.8 Å². The summed E-state index contributed by atoms with van der Waals surface area (Å²) in [6, 6.07) is 13.9. The van der Waals surface area contributed by atoms with Gasteiger partial charge in [-0.15, -0.1) is 0 Å². The summed E-state index contributed by atoms with van der Waals surface area (Å²) >= 11 is 1.06. The first-order valence-corrected chi connectivity index (χ1v) is 10.0. The smallest absolute Gasteiger partial charge is 0.267 e. The number of nitrogens with two attached hydrogens (primary N) is 1. The molecular formula is C21H21FN4O2S. The second-order valence-corrected chi connectivity index (χ2v) is 7.54. The van der Waals surface area contributed by atoms with Gasteiger partial charge in [0, 0.05) is 43.5 Å². The highest BCUT2D eigenvalue weighted by atomic mass is 32.1. The Labute approximate surface area is 172 Å². The molecule has 2 heterocycles. The molecule has 3 aromatic rings. The molecule has 0 saturated carbocycles. The summed E-state index contributed by atoms with van der Waals surface area (Å²) in [5.74, 6) is 0.313. The standard InChI is InChI=1S/C21H21FN4O2S/c1-28-17-7-3-6-16(13-17)25-8-10-26(11-9-25)21(27)20-18(23)19(24-29-20)14-4-2-5-15(22)12-14/h2-7,12-13H,8-11,23H2,1H3. The van der Waals surface area contributed by atoms with Gasteiger partial charge in [-0.25, -0.2) is 4.39 Å². The molecule has 0 radical (unpaired) electrons. The van der Waals surface area contributed by atoms with Crippen molar-refractivity contribution < 1.29 is 13.9 Å². The number of amides is 1. The Morgan fingerprint density at radius 3 is 2.62 bits per heavy atom.